The smallest absolute Gasteiger partial charge is 0.251 e. The van der Waals surface area contributed by atoms with Gasteiger partial charge in [0.1, 0.15) is 5.75 Å². The first-order chi connectivity index (χ1) is 10.1. The normalized spacial score (nSPS) is 11.8. The Morgan fingerprint density at radius 2 is 1.95 bits per heavy atom. The van der Waals surface area contributed by atoms with Crippen LogP contribution in [-0.2, 0) is 5.88 Å². The number of hydrogen-bond acceptors (Lipinski definition) is 2. The molecule has 0 aliphatic heterocycles. The van der Waals surface area contributed by atoms with E-state index in [0.29, 0.717) is 11.4 Å². The van der Waals surface area contributed by atoms with Crippen molar-refractivity contribution in [2.24, 2.45) is 0 Å². The largest absolute Gasteiger partial charge is 0.497 e. The summed E-state index contributed by atoms with van der Waals surface area (Å²) in [6.07, 6.45) is 0. The molecule has 0 radical (unpaired) electrons. The standard InChI is InChI=1S/C17H18ClNO2/c1-12(15-4-3-5-16(10-15)21-2)19-17(20)14-8-6-13(11-18)7-9-14/h3-10,12H,11H2,1-2H3,(H,19,20)/t12-/m0/s1. The van der Waals surface area contributed by atoms with E-state index in [1.54, 1.807) is 19.2 Å². The highest BCUT2D eigenvalue weighted by Crippen LogP contribution is 2.19. The molecule has 0 aliphatic rings. The Hall–Kier alpha value is -2.00. The molecule has 0 spiro atoms. The van der Waals surface area contributed by atoms with Crippen molar-refractivity contribution in [2.45, 2.75) is 18.8 Å². The average molecular weight is 304 g/mol. The number of carbonyl (C=O) groups is 1. The van der Waals surface area contributed by atoms with Gasteiger partial charge in [0.05, 0.1) is 13.2 Å². The first-order valence-corrected chi connectivity index (χ1v) is 7.27. The van der Waals surface area contributed by atoms with E-state index in [2.05, 4.69) is 5.32 Å². The minimum atomic E-state index is -0.105. The summed E-state index contributed by atoms with van der Waals surface area (Å²) in [5.41, 5.74) is 2.62. The van der Waals surface area contributed by atoms with E-state index < -0.39 is 0 Å². The van der Waals surface area contributed by atoms with Crippen LogP contribution in [0.4, 0.5) is 0 Å². The lowest BCUT2D eigenvalue weighted by atomic mass is 10.1. The number of alkyl halides is 1. The zero-order valence-electron chi connectivity index (χ0n) is 12.1. The van der Waals surface area contributed by atoms with Crippen molar-refractivity contribution in [1.29, 1.82) is 0 Å². The third-order valence-corrected chi connectivity index (χ3v) is 3.62. The van der Waals surface area contributed by atoms with E-state index in [1.165, 1.54) is 0 Å². The van der Waals surface area contributed by atoms with Gasteiger partial charge in [0.2, 0.25) is 0 Å². The molecule has 0 aliphatic carbocycles. The van der Waals surface area contributed by atoms with Crippen LogP contribution in [0.25, 0.3) is 0 Å². The SMILES string of the molecule is COc1cccc([C@H](C)NC(=O)c2ccc(CCl)cc2)c1. The minimum Gasteiger partial charge on any atom is -0.497 e. The second-order valence-corrected chi connectivity index (χ2v) is 5.07. The minimum absolute atomic E-state index is 0.0969. The van der Waals surface area contributed by atoms with Crippen LogP contribution in [-0.4, -0.2) is 13.0 Å². The van der Waals surface area contributed by atoms with Crippen LogP contribution in [0.3, 0.4) is 0 Å². The number of halogens is 1. The summed E-state index contributed by atoms with van der Waals surface area (Å²) < 4.78 is 5.19. The van der Waals surface area contributed by atoms with Gasteiger partial charge in [-0.25, -0.2) is 0 Å². The quantitative estimate of drug-likeness (QED) is 0.850. The first-order valence-electron chi connectivity index (χ1n) is 6.73. The predicted octanol–water partition coefficient (Wildman–Crippen LogP) is 3.93. The highest BCUT2D eigenvalue weighted by molar-refractivity contribution is 6.17. The monoisotopic (exact) mass is 303 g/mol. The van der Waals surface area contributed by atoms with E-state index in [9.17, 15) is 4.79 Å². The third-order valence-electron chi connectivity index (χ3n) is 3.31. The number of carbonyl (C=O) groups excluding carboxylic acids is 1. The Balaban J connectivity index is 2.06. The van der Waals surface area contributed by atoms with E-state index in [0.717, 1.165) is 16.9 Å². The van der Waals surface area contributed by atoms with Crippen LogP contribution in [0.15, 0.2) is 48.5 Å². The number of benzene rings is 2. The molecule has 0 saturated carbocycles. The lowest BCUT2D eigenvalue weighted by molar-refractivity contribution is 0.0940. The molecule has 3 nitrogen and oxygen atoms in total. The zero-order valence-corrected chi connectivity index (χ0v) is 12.9. The van der Waals surface area contributed by atoms with Crippen LogP contribution < -0.4 is 10.1 Å². The molecule has 0 bridgehead atoms. The molecule has 21 heavy (non-hydrogen) atoms. The summed E-state index contributed by atoms with van der Waals surface area (Å²) >= 11 is 5.74. The molecule has 0 unspecified atom stereocenters. The number of methoxy groups -OCH3 is 1. The van der Waals surface area contributed by atoms with Crippen LogP contribution in [0.2, 0.25) is 0 Å². The van der Waals surface area contributed by atoms with Gasteiger partial charge in [-0.15, -0.1) is 11.6 Å². The molecule has 2 aromatic rings. The lowest BCUT2D eigenvalue weighted by Crippen LogP contribution is -2.26. The first kappa shape index (κ1) is 15.4. The topological polar surface area (TPSA) is 38.3 Å². The van der Waals surface area contributed by atoms with Crippen molar-refractivity contribution < 1.29 is 9.53 Å². The summed E-state index contributed by atoms with van der Waals surface area (Å²) in [5, 5.41) is 2.97. The van der Waals surface area contributed by atoms with Gasteiger partial charge in [0, 0.05) is 11.4 Å². The molecule has 0 fully saturated rings. The fourth-order valence-electron chi connectivity index (χ4n) is 2.02. The maximum Gasteiger partial charge on any atom is 0.251 e. The number of ether oxygens (including phenoxy) is 1. The van der Waals surface area contributed by atoms with Gasteiger partial charge in [-0.05, 0) is 42.3 Å². The summed E-state index contributed by atoms with van der Waals surface area (Å²) in [6, 6.07) is 14.9. The van der Waals surface area contributed by atoms with E-state index in [1.807, 2.05) is 43.3 Å². The average Bonchev–Trinajstić information content (AvgIpc) is 2.54. The summed E-state index contributed by atoms with van der Waals surface area (Å²) in [6.45, 7) is 1.94. The van der Waals surface area contributed by atoms with Gasteiger partial charge in [0.25, 0.3) is 5.91 Å². The zero-order chi connectivity index (χ0) is 15.2. The fourth-order valence-corrected chi connectivity index (χ4v) is 2.20. The number of hydrogen-bond donors (Lipinski definition) is 1. The Morgan fingerprint density at radius 1 is 1.24 bits per heavy atom. The Kier molecular flexibility index (Phi) is 5.23. The molecule has 110 valence electrons. The molecule has 1 amide bonds. The molecule has 1 N–H and O–H groups in total. The number of nitrogens with one attached hydrogen (secondary N) is 1. The molecule has 2 aromatic carbocycles. The van der Waals surface area contributed by atoms with Crippen LogP contribution >= 0.6 is 11.6 Å². The van der Waals surface area contributed by atoms with E-state index in [4.69, 9.17) is 16.3 Å². The number of amides is 1. The second kappa shape index (κ2) is 7.14. The molecule has 4 heteroatoms. The van der Waals surface area contributed by atoms with Crippen LogP contribution in [0.5, 0.6) is 5.75 Å². The summed E-state index contributed by atoms with van der Waals surface area (Å²) in [7, 11) is 1.63. The summed E-state index contributed by atoms with van der Waals surface area (Å²) in [5.74, 6) is 1.12. The van der Waals surface area contributed by atoms with Crippen molar-refractivity contribution in [3.05, 3.63) is 65.2 Å². The third kappa shape index (κ3) is 3.99. The van der Waals surface area contributed by atoms with Crippen molar-refractivity contribution in [3.8, 4) is 5.75 Å². The van der Waals surface area contributed by atoms with Gasteiger partial charge in [-0.2, -0.15) is 0 Å². The van der Waals surface area contributed by atoms with Gasteiger partial charge < -0.3 is 10.1 Å². The van der Waals surface area contributed by atoms with E-state index >= 15 is 0 Å². The maximum atomic E-state index is 12.2. The second-order valence-electron chi connectivity index (χ2n) is 4.80. The molecule has 0 aromatic heterocycles. The highest BCUT2D eigenvalue weighted by atomic mass is 35.5. The lowest BCUT2D eigenvalue weighted by Gasteiger charge is -2.15. The number of rotatable bonds is 5. The van der Waals surface area contributed by atoms with Crippen molar-refractivity contribution in [2.75, 3.05) is 7.11 Å². The molecule has 0 saturated heterocycles. The highest BCUT2D eigenvalue weighted by Gasteiger charge is 2.11. The summed E-state index contributed by atoms with van der Waals surface area (Å²) in [4.78, 5) is 12.2. The maximum absolute atomic E-state index is 12.2. The van der Waals surface area contributed by atoms with Crippen LogP contribution in [0, 0.1) is 0 Å². The van der Waals surface area contributed by atoms with Gasteiger partial charge in [-0.3, -0.25) is 4.79 Å². The molecule has 2 rings (SSSR count). The van der Waals surface area contributed by atoms with E-state index in [-0.39, 0.29) is 11.9 Å². The van der Waals surface area contributed by atoms with Gasteiger partial charge in [-0.1, -0.05) is 24.3 Å². The Labute approximate surface area is 129 Å². The van der Waals surface area contributed by atoms with Crippen molar-refractivity contribution in [1.82, 2.24) is 5.32 Å². The van der Waals surface area contributed by atoms with Gasteiger partial charge >= 0.3 is 0 Å². The van der Waals surface area contributed by atoms with Crippen molar-refractivity contribution >= 4 is 17.5 Å². The van der Waals surface area contributed by atoms with Crippen molar-refractivity contribution in [3.63, 3.8) is 0 Å². The Bertz CT molecular complexity index is 610. The fraction of sp³-hybridized carbons (Fsp3) is 0.235. The predicted molar refractivity (Wildman–Crippen MR) is 84.9 cm³/mol. The van der Waals surface area contributed by atoms with Gasteiger partial charge in [0.15, 0.2) is 0 Å². The Morgan fingerprint density at radius 3 is 2.57 bits per heavy atom. The van der Waals surface area contributed by atoms with Crippen LogP contribution in [0.1, 0.15) is 34.5 Å². The molecule has 1 atom stereocenters. The molecular weight excluding hydrogens is 286 g/mol. The molecule has 0 heterocycles. The molecular formula is C17H18ClNO2.